The number of Topliss-reactive ketones (excluding diaryl/α,β-unsaturated/α-hetero) is 1. The van der Waals surface area contributed by atoms with Crippen molar-refractivity contribution >= 4 is 22.9 Å². The summed E-state index contributed by atoms with van der Waals surface area (Å²) < 4.78 is 0. The van der Waals surface area contributed by atoms with E-state index in [1.165, 1.54) is 0 Å². The van der Waals surface area contributed by atoms with E-state index in [0.717, 1.165) is 46.1 Å². The van der Waals surface area contributed by atoms with E-state index in [4.69, 9.17) is 0 Å². The molecule has 5 heteroatoms. The molecule has 2 aromatic heterocycles. The Kier molecular flexibility index (Phi) is 4.55. The number of ketones is 1. The lowest BCUT2D eigenvalue weighted by Gasteiger charge is -2.12. The molecule has 1 saturated carbocycles. The zero-order valence-electron chi connectivity index (χ0n) is 15.0. The van der Waals surface area contributed by atoms with E-state index in [2.05, 4.69) is 40.3 Å². The molecule has 0 bridgehead atoms. The van der Waals surface area contributed by atoms with E-state index >= 15 is 0 Å². The standard InChI is InChI=1S/C21H21N3OS/c1-24(2)20-11-17(9-10-22-20)14-3-5-15(6-4-14)18-13-26-21(23-18)12-19(25)16-7-8-16/h3-6,9-11,13,16H,7-8,12H2,1-2H3. The minimum atomic E-state index is 0.300. The number of hydrogen-bond acceptors (Lipinski definition) is 5. The molecule has 4 nitrogen and oxygen atoms in total. The van der Waals surface area contributed by atoms with Gasteiger partial charge in [-0.05, 0) is 36.1 Å². The lowest BCUT2D eigenvalue weighted by molar-refractivity contribution is -0.119. The van der Waals surface area contributed by atoms with Crippen LogP contribution in [0.5, 0.6) is 0 Å². The maximum Gasteiger partial charge on any atom is 0.142 e. The van der Waals surface area contributed by atoms with Crippen LogP contribution in [-0.4, -0.2) is 29.8 Å². The number of pyridine rings is 1. The summed E-state index contributed by atoms with van der Waals surface area (Å²) in [5.41, 5.74) is 4.32. The van der Waals surface area contributed by atoms with Crippen LogP contribution in [0.3, 0.4) is 0 Å². The van der Waals surface area contributed by atoms with E-state index < -0.39 is 0 Å². The van der Waals surface area contributed by atoms with Crippen LogP contribution in [0.25, 0.3) is 22.4 Å². The molecule has 0 unspecified atom stereocenters. The molecule has 0 N–H and O–H groups in total. The lowest BCUT2D eigenvalue weighted by atomic mass is 10.0. The van der Waals surface area contributed by atoms with Crippen LogP contribution >= 0.6 is 11.3 Å². The monoisotopic (exact) mass is 363 g/mol. The van der Waals surface area contributed by atoms with Crippen LogP contribution in [-0.2, 0) is 11.2 Å². The molecule has 4 rings (SSSR count). The molecule has 26 heavy (non-hydrogen) atoms. The number of nitrogens with zero attached hydrogens (tertiary/aromatic N) is 3. The quantitative estimate of drug-likeness (QED) is 0.649. The van der Waals surface area contributed by atoms with Gasteiger partial charge in [-0.2, -0.15) is 0 Å². The van der Waals surface area contributed by atoms with Crippen LogP contribution in [0.1, 0.15) is 17.8 Å². The van der Waals surface area contributed by atoms with E-state index in [9.17, 15) is 4.79 Å². The van der Waals surface area contributed by atoms with Gasteiger partial charge in [-0.3, -0.25) is 4.79 Å². The van der Waals surface area contributed by atoms with Gasteiger partial charge in [0.15, 0.2) is 0 Å². The van der Waals surface area contributed by atoms with Gasteiger partial charge in [0, 0.05) is 37.2 Å². The number of hydrogen-bond donors (Lipinski definition) is 0. The molecule has 0 aliphatic heterocycles. The zero-order valence-corrected chi connectivity index (χ0v) is 15.8. The number of carbonyl (C=O) groups is 1. The van der Waals surface area contributed by atoms with Crippen LogP contribution in [0.15, 0.2) is 48.0 Å². The summed E-state index contributed by atoms with van der Waals surface area (Å²) in [6.07, 6.45) is 4.44. The molecule has 3 aromatic rings. The van der Waals surface area contributed by atoms with Crippen molar-refractivity contribution in [2.75, 3.05) is 19.0 Å². The second kappa shape index (κ2) is 7.00. The molecule has 1 aliphatic rings. The van der Waals surface area contributed by atoms with Crippen molar-refractivity contribution < 1.29 is 4.79 Å². The summed E-state index contributed by atoms with van der Waals surface area (Å²) >= 11 is 1.58. The summed E-state index contributed by atoms with van der Waals surface area (Å²) in [4.78, 5) is 23.0. The molecule has 1 fully saturated rings. The van der Waals surface area contributed by atoms with Gasteiger partial charge in [-0.15, -0.1) is 11.3 Å². The second-order valence-corrected chi connectivity index (χ2v) is 7.86. The van der Waals surface area contributed by atoms with Crippen LogP contribution in [0, 0.1) is 5.92 Å². The fourth-order valence-electron chi connectivity index (χ4n) is 2.90. The number of thiazole rings is 1. The van der Waals surface area contributed by atoms with Gasteiger partial charge in [-0.1, -0.05) is 24.3 Å². The Morgan fingerprint density at radius 1 is 1.12 bits per heavy atom. The van der Waals surface area contributed by atoms with Crippen molar-refractivity contribution in [2.45, 2.75) is 19.3 Å². The zero-order chi connectivity index (χ0) is 18.1. The average Bonchev–Trinajstić information content (AvgIpc) is 3.42. The summed E-state index contributed by atoms with van der Waals surface area (Å²) in [6, 6.07) is 12.5. The summed E-state index contributed by atoms with van der Waals surface area (Å²) in [5.74, 6) is 1.58. The van der Waals surface area contributed by atoms with Gasteiger partial charge >= 0.3 is 0 Å². The Morgan fingerprint density at radius 2 is 1.85 bits per heavy atom. The summed E-state index contributed by atoms with van der Waals surface area (Å²) in [6.45, 7) is 0. The molecule has 0 spiro atoms. The molecule has 1 aliphatic carbocycles. The van der Waals surface area contributed by atoms with Crippen molar-refractivity contribution in [3.8, 4) is 22.4 Å². The molecule has 132 valence electrons. The number of anilines is 1. The van der Waals surface area contributed by atoms with Crippen LogP contribution < -0.4 is 4.90 Å². The van der Waals surface area contributed by atoms with E-state index in [0.29, 0.717) is 18.1 Å². The predicted octanol–water partition coefficient (Wildman–Crippen LogP) is 4.46. The van der Waals surface area contributed by atoms with Crippen molar-refractivity contribution in [1.82, 2.24) is 9.97 Å². The molecular formula is C21H21N3OS. The van der Waals surface area contributed by atoms with Crippen molar-refractivity contribution in [1.29, 1.82) is 0 Å². The average molecular weight is 363 g/mol. The third kappa shape index (κ3) is 3.68. The highest BCUT2D eigenvalue weighted by Gasteiger charge is 2.29. The molecule has 1 aromatic carbocycles. The Balaban J connectivity index is 1.51. The highest BCUT2D eigenvalue weighted by atomic mass is 32.1. The normalized spacial score (nSPS) is 13.6. The van der Waals surface area contributed by atoms with Crippen LogP contribution in [0.4, 0.5) is 5.82 Å². The Labute approximate surface area is 157 Å². The SMILES string of the molecule is CN(C)c1cc(-c2ccc(-c3csc(CC(=O)C4CC4)n3)cc2)ccn1. The van der Waals surface area contributed by atoms with Gasteiger partial charge < -0.3 is 4.90 Å². The topological polar surface area (TPSA) is 46.1 Å². The van der Waals surface area contributed by atoms with Gasteiger partial charge in [-0.25, -0.2) is 9.97 Å². The number of carbonyl (C=O) groups excluding carboxylic acids is 1. The van der Waals surface area contributed by atoms with E-state index in [-0.39, 0.29) is 0 Å². The summed E-state index contributed by atoms with van der Waals surface area (Å²) in [5, 5.41) is 2.96. The van der Waals surface area contributed by atoms with Crippen molar-refractivity contribution in [3.05, 3.63) is 53.0 Å². The first-order chi connectivity index (χ1) is 12.6. The van der Waals surface area contributed by atoms with Gasteiger partial charge in [0.2, 0.25) is 0 Å². The molecule has 0 atom stereocenters. The Hall–Kier alpha value is -2.53. The molecule has 0 radical (unpaired) electrons. The maximum atomic E-state index is 12.0. The van der Waals surface area contributed by atoms with E-state index in [1.807, 2.05) is 36.6 Å². The number of rotatable bonds is 6. The number of benzene rings is 1. The number of aromatic nitrogens is 2. The molecule has 2 heterocycles. The van der Waals surface area contributed by atoms with Crippen molar-refractivity contribution in [3.63, 3.8) is 0 Å². The first kappa shape index (κ1) is 16.9. The van der Waals surface area contributed by atoms with E-state index in [1.54, 1.807) is 11.3 Å². The highest BCUT2D eigenvalue weighted by molar-refractivity contribution is 7.10. The fraction of sp³-hybridized carbons (Fsp3) is 0.286. The van der Waals surface area contributed by atoms with Crippen molar-refractivity contribution in [2.24, 2.45) is 5.92 Å². The summed E-state index contributed by atoms with van der Waals surface area (Å²) in [7, 11) is 3.98. The first-order valence-electron chi connectivity index (χ1n) is 8.81. The lowest BCUT2D eigenvalue weighted by Crippen LogP contribution is -2.10. The second-order valence-electron chi connectivity index (χ2n) is 6.92. The van der Waals surface area contributed by atoms with Crippen LogP contribution in [0.2, 0.25) is 0 Å². The molecule has 0 saturated heterocycles. The molecule has 0 amide bonds. The third-order valence-corrected chi connectivity index (χ3v) is 5.48. The fourth-order valence-corrected chi connectivity index (χ4v) is 3.71. The van der Waals surface area contributed by atoms with Gasteiger partial charge in [0.05, 0.1) is 12.1 Å². The van der Waals surface area contributed by atoms with Gasteiger partial charge in [0.25, 0.3) is 0 Å². The third-order valence-electron chi connectivity index (χ3n) is 4.63. The largest absolute Gasteiger partial charge is 0.363 e. The van der Waals surface area contributed by atoms with Gasteiger partial charge in [0.1, 0.15) is 16.6 Å². The predicted molar refractivity (Wildman–Crippen MR) is 107 cm³/mol. The minimum absolute atomic E-state index is 0.300. The minimum Gasteiger partial charge on any atom is -0.363 e. The Morgan fingerprint density at radius 3 is 2.54 bits per heavy atom. The smallest absolute Gasteiger partial charge is 0.142 e. The first-order valence-corrected chi connectivity index (χ1v) is 9.69. The maximum absolute atomic E-state index is 12.0. The Bertz CT molecular complexity index is 926. The highest BCUT2D eigenvalue weighted by Crippen LogP contribution is 2.32. The molecular weight excluding hydrogens is 342 g/mol.